The molecule has 1 aromatic carbocycles. The van der Waals surface area contributed by atoms with Gasteiger partial charge in [0.05, 0.1) is 25.8 Å². The number of aromatic nitrogens is 2. The smallest absolute Gasteiger partial charge is 0.332 e. The first kappa shape index (κ1) is 32.1. The molecule has 0 bridgehead atoms. The number of hydrogen-bond donors (Lipinski definition) is 1. The highest BCUT2D eigenvalue weighted by molar-refractivity contribution is 7.13. The lowest BCUT2D eigenvalue weighted by Crippen LogP contribution is -2.55. The van der Waals surface area contributed by atoms with E-state index in [0.717, 1.165) is 25.0 Å². The van der Waals surface area contributed by atoms with Crippen LogP contribution >= 0.6 is 22.9 Å². The van der Waals surface area contributed by atoms with E-state index in [4.69, 9.17) is 30.8 Å². The second-order valence-corrected chi connectivity index (χ2v) is 13.3. The van der Waals surface area contributed by atoms with Crippen molar-refractivity contribution in [2.75, 3.05) is 33.9 Å². The van der Waals surface area contributed by atoms with E-state index < -0.39 is 29.7 Å². The fourth-order valence-electron chi connectivity index (χ4n) is 6.27. The highest BCUT2D eigenvalue weighted by atomic mass is 35.5. The van der Waals surface area contributed by atoms with Crippen LogP contribution in [0, 0.1) is 12.8 Å². The molecule has 244 valence electrons. The lowest BCUT2D eigenvalue weighted by Gasteiger charge is -2.29. The van der Waals surface area contributed by atoms with Gasteiger partial charge in [-0.15, -0.1) is 11.3 Å². The second kappa shape index (κ2) is 13.1. The van der Waals surface area contributed by atoms with Crippen molar-refractivity contribution in [1.82, 2.24) is 25.1 Å². The maximum atomic E-state index is 13.9. The molecule has 6 rings (SSSR count). The van der Waals surface area contributed by atoms with E-state index in [-0.39, 0.29) is 31.4 Å². The van der Waals surface area contributed by atoms with Crippen molar-refractivity contribution >= 4 is 51.7 Å². The third-order valence-electron chi connectivity index (χ3n) is 8.85. The molecule has 46 heavy (non-hydrogen) atoms. The molecule has 4 atom stereocenters. The number of esters is 1. The molecule has 13 heteroatoms. The number of methoxy groups -OCH3 is 1. The monoisotopic (exact) mass is 667 g/mol. The van der Waals surface area contributed by atoms with Gasteiger partial charge in [0.2, 0.25) is 5.91 Å². The van der Waals surface area contributed by atoms with Crippen LogP contribution in [0.2, 0.25) is 5.02 Å². The van der Waals surface area contributed by atoms with Crippen LogP contribution < -0.4 is 14.8 Å². The van der Waals surface area contributed by atoms with Gasteiger partial charge in [0.1, 0.15) is 44.9 Å². The van der Waals surface area contributed by atoms with E-state index >= 15 is 0 Å². The summed E-state index contributed by atoms with van der Waals surface area (Å²) < 4.78 is 17.5. The van der Waals surface area contributed by atoms with Crippen LogP contribution in [-0.2, 0) is 14.3 Å². The summed E-state index contributed by atoms with van der Waals surface area (Å²) >= 11 is 8.19. The number of benzene rings is 1. The van der Waals surface area contributed by atoms with E-state index in [1.165, 1.54) is 16.2 Å². The Labute approximate surface area is 276 Å². The van der Waals surface area contributed by atoms with Crippen molar-refractivity contribution in [2.24, 2.45) is 5.92 Å². The van der Waals surface area contributed by atoms with Gasteiger partial charge in [-0.3, -0.25) is 4.79 Å². The zero-order valence-electron chi connectivity index (χ0n) is 26.4. The number of rotatable bonds is 6. The Kier molecular flexibility index (Phi) is 9.11. The number of carbonyl (C=O) groups excluding carboxylic acids is 3. The molecule has 0 unspecified atom stereocenters. The van der Waals surface area contributed by atoms with E-state index in [0.29, 0.717) is 51.1 Å². The Hall–Kier alpha value is -3.90. The molecule has 0 spiro atoms. The van der Waals surface area contributed by atoms with Gasteiger partial charge >= 0.3 is 12.0 Å². The highest BCUT2D eigenvalue weighted by Crippen LogP contribution is 2.46. The van der Waals surface area contributed by atoms with Crippen molar-refractivity contribution in [3.05, 3.63) is 46.4 Å². The summed E-state index contributed by atoms with van der Waals surface area (Å²) in [6.45, 7) is 4.57. The standard InChI is InChI=1S/C33H38ClN5O6S/c1-5-44-31(41)33-16-20(33)10-8-6-7-9-13-38(3)30(40)24-14-21(17-39(24)32(42)37-33)45-26-15-23(29-35-19(2)18-46-29)36-28-22(26)11-12-25(43-4)27(28)34/h8,10-12,15,18,20-21,24H,5-7,9,13-14,16-17H2,1-4H3,(H,37,42)/b10-8-/t20-,21+,24+,33-/m1/s1. The van der Waals surface area contributed by atoms with Gasteiger partial charge in [0, 0.05) is 48.5 Å². The van der Waals surface area contributed by atoms with Crippen LogP contribution in [0.25, 0.3) is 21.6 Å². The number of allylic oxidation sites excluding steroid dienone is 1. The molecule has 1 N–H and O–H groups in total. The molecule has 2 aliphatic heterocycles. The first-order valence-corrected chi connectivity index (χ1v) is 16.8. The van der Waals surface area contributed by atoms with E-state index in [1.54, 1.807) is 32.0 Å². The number of fused-ring (bicyclic) bond motifs is 3. The quantitative estimate of drug-likeness (QED) is 0.275. The van der Waals surface area contributed by atoms with Crippen LogP contribution in [0.5, 0.6) is 11.5 Å². The Morgan fingerprint density at radius 2 is 2.04 bits per heavy atom. The molecule has 2 aromatic heterocycles. The third kappa shape index (κ3) is 6.12. The third-order valence-corrected chi connectivity index (χ3v) is 10.2. The molecular weight excluding hydrogens is 630 g/mol. The number of nitrogens with one attached hydrogen (secondary N) is 1. The lowest BCUT2D eigenvalue weighted by atomic mass is 10.1. The van der Waals surface area contributed by atoms with Crippen LogP contribution in [0.15, 0.2) is 35.7 Å². The van der Waals surface area contributed by atoms with Crippen LogP contribution in [0.3, 0.4) is 0 Å². The molecule has 3 aromatic rings. The maximum Gasteiger partial charge on any atom is 0.332 e. The summed E-state index contributed by atoms with van der Waals surface area (Å²) in [5, 5.41) is 6.63. The average molecular weight is 668 g/mol. The molecule has 1 saturated carbocycles. The number of halogens is 1. The minimum absolute atomic E-state index is 0.134. The fourth-order valence-corrected chi connectivity index (χ4v) is 7.32. The molecule has 3 amide bonds. The van der Waals surface area contributed by atoms with Crippen molar-refractivity contribution in [1.29, 1.82) is 0 Å². The topological polar surface area (TPSA) is 123 Å². The number of nitrogens with zero attached hydrogens (tertiary/aromatic N) is 4. The highest BCUT2D eigenvalue weighted by Gasteiger charge is 2.62. The molecule has 1 saturated heterocycles. The zero-order valence-corrected chi connectivity index (χ0v) is 27.9. The van der Waals surface area contributed by atoms with Gasteiger partial charge in [0.25, 0.3) is 0 Å². The van der Waals surface area contributed by atoms with Crippen LogP contribution in [0.4, 0.5) is 4.79 Å². The normalized spacial score (nSPS) is 25.7. The number of hydrogen-bond acceptors (Lipinski definition) is 9. The number of urea groups is 1. The molecule has 1 aliphatic carbocycles. The van der Waals surface area contributed by atoms with Crippen molar-refractivity contribution < 1.29 is 28.6 Å². The molecule has 2 fully saturated rings. The van der Waals surface area contributed by atoms with Gasteiger partial charge < -0.3 is 29.3 Å². The summed E-state index contributed by atoms with van der Waals surface area (Å²) in [5.41, 5.74) is 0.805. The van der Waals surface area contributed by atoms with Gasteiger partial charge in [-0.05, 0) is 51.7 Å². The second-order valence-electron chi connectivity index (χ2n) is 12.0. The molecule has 4 heterocycles. The minimum Gasteiger partial charge on any atom is -0.495 e. The predicted molar refractivity (Wildman–Crippen MR) is 175 cm³/mol. The summed E-state index contributed by atoms with van der Waals surface area (Å²) in [6, 6.07) is 4.14. The molecule has 0 radical (unpaired) electrons. The fraction of sp³-hybridized carbons (Fsp3) is 0.485. The summed E-state index contributed by atoms with van der Waals surface area (Å²) in [6.07, 6.45) is 6.80. The minimum atomic E-state index is -1.15. The number of thiazole rings is 1. The Bertz CT molecular complexity index is 1700. The Morgan fingerprint density at radius 3 is 2.78 bits per heavy atom. The van der Waals surface area contributed by atoms with E-state index in [1.807, 2.05) is 30.5 Å². The van der Waals surface area contributed by atoms with Crippen LogP contribution in [0.1, 0.15) is 44.7 Å². The number of likely N-dealkylation sites (N-methyl/N-ethyl adjacent to an activating group) is 1. The van der Waals surface area contributed by atoms with Gasteiger partial charge in [-0.1, -0.05) is 23.8 Å². The lowest BCUT2D eigenvalue weighted by molar-refractivity contribution is -0.147. The van der Waals surface area contributed by atoms with Crippen molar-refractivity contribution in [3.63, 3.8) is 0 Å². The van der Waals surface area contributed by atoms with Gasteiger partial charge in [-0.25, -0.2) is 19.6 Å². The summed E-state index contributed by atoms with van der Waals surface area (Å²) in [7, 11) is 3.31. The number of amides is 3. The molecule has 11 nitrogen and oxygen atoms in total. The average Bonchev–Trinajstić information content (AvgIpc) is 3.32. The Balaban J connectivity index is 1.34. The number of pyridine rings is 1. The first-order chi connectivity index (χ1) is 22.1. The van der Waals surface area contributed by atoms with Crippen LogP contribution in [-0.4, -0.2) is 89.2 Å². The predicted octanol–water partition coefficient (Wildman–Crippen LogP) is 5.38. The largest absolute Gasteiger partial charge is 0.495 e. The maximum absolute atomic E-state index is 13.9. The molecule has 3 aliphatic rings. The van der Waals surface area contributed by atoms with E-state index in [2.05, 4.69) is 16.4 Å². The number of aryl methyl sites for hydroxylation is 1. The van der Waals surface area contributed by atoms with Gasteiger partial charge in [0.15, 0.2) is 0 Å². The SMILES string of the molecule is CCOC(=O)[C@@]12C[C@H]1/C=C\CCCCN(C)C(=O)[C@@H]1C[C@H](Oc3cc(-c4nc(C)cs4)nc4c(Cl)c(OC)ccc34)CN1C(=O)N2. The van der Waals surface area contributed by atoms with Crippen molar-refractivity contribution in [3.8, 4) is 22.2 Å². The first-order valence-electron chi connectivity index (χ1n) is 15.6. The van der Waals surface area contributed by atoms with E-state index in [9.17, 15) is 14.4 Å². The summed E-state index contributed by atoms with van der Waals surface area (Å²) in [5.74, 6) is 0.189. The van der Waals surface area contributed by atoms with Crippen molar-refractivity contribution in [2.45, 2.75) is 63.6 Å². The number of carbonyl (C=O) groups is 3. The molecular formula is C33H38ClN5O6S. The summed E-state index contributed by atoms with van der Waals surface area (Å²) in [4.78, 5) is 53.4. The Morgan fingerprint density at radius 1 is 1.22 bits per heavy atom. The van der Waals surface area contributed by atoms with Gasteiger partial charge in [-0.2, -0.15) is 0 Å². The number of ether oxygens (including phenoxy) is 3. The zero-order chi connectivity index (χ0) is 32.6.